The highest BCUT2D eigenvalue weighted by molar-refractivity contribution is 8.16. The van der Waals surface area contributed by atoms with E-state index < -0.39 is 11.6 Å². The number of hydrogen-bond donors (Lipinski definition) is 0. The molecule has 2 rings (SSSR count). The van der Waals surface area contributed by atoms with Gasteiger partial charge in [-0.1, -0.05) is 6.07 Å². The first-order valence-electron chi connectivity index (χ1n) is 4.46. The monoisotopic (exact) mass is 232 g/mol. The van der Waals surface area contributed by atoms with Crippen LogP contribution in [0.25, 0.3) is 0 Å². The number of rotatable bonds is 1. The molecule has 0 spiro atoms. The van der Waals surface area contributed by atoms with E-state index in [-0.39, 0.29) is 10.1 Å². The molecule has 0 unspecified atom stereocenters. The molecule has 0 saturated carbocycles. The van der Waals surface area contributed by atoms with Crippen LogP contribution in [0.4, 0.5) is 8.78 Å². The lowest BCUT2D eigenvalue weighted by atomic mass is 10.2. The summed E-state index contributed by atoms with van der Waals surface area (Å²) >= 11 is 3.26. The fourth-order valence-electron chi connectivity index (χ4n) is 1.39. The molecule has 1 saturated heterocycles. The molecule has 0 aliphatic carbocycles. The Balaban J connectivity index is 2.29. The van der Waals surface area contributed by atoms with Gasteiger partial charge >= 0.3 is 0 Å². The zero-order valence-corrected chi connectivity index (χ0v) is 9.14. The van der Waals surface area contributed by atoms with Gasteiger partial charge in [0, 0.05) is 5.56 Å². The second kappa shape index (κ2) is 4.53. The maximum atomic E-state index is 13.4. The molecule has 0 atom stereocenters. The van der Waals surface area contributed by atoms with Gasteiger partial charge in [0.05, 0.1) is 4.58 Å². The number of thioether (sulfide) groups is 2. The Morgan fingerprint density at radius 3 is 2.21 bits per heavy atom. The molecule has 1 heterocycles. The minimum atomic E-state index is -0.420. The highest BCUT2D eigenvalue weighted by Crippen LogP contribution is 2.45. The first-order chi connectivity index (χ1) is 6.79. The fourth-order valence-corrected chi connectivity index (χ4v) is 4.37. The van der Waals surface area contributed by atoms with Crippen LogP contribution in [0.15, 0.2) is 18.2 Å². The van der Waals surface area contributed by atoms with Crippen LogP contribution >= 0.6 is 23.5 Å². The van der Waals surface area contributed by atoms with E-state index in [0.717, 1.165) is 17.9 Å². The Morgan fingerprint density at radius 2 is 1.64 bits per heavy atom. The minimum absolute atomic E-state index is 0.0649. The third-order valence-corrected chi connectivity index (χ3v) is 5.00. The van der Waals surface area contributed by atoms with Crippen LogP contribution < -0.4 is 0 Å². The maximum absolute atomic E-state index is 13.4. The van der Waals surface area contributed by atoms with Crippen molar-refractivity contribution < 1.29 is 8.78 Å². The normalized spacial score (nSPS) is 18.4. The van der Waals surface area contributed by atoms with Crippen molar-refractivity contribution in [3.8, 4) is 0 Å². The molecule has 0 amide bonds. The quantitative estimate of drug-likeness (QED) is 0.721. The lowest BCUT2D eigenvalue weighted by Crippen LogP contribution is -2.04. The van der Waals surface area contributed by atoms with Crippen molar-refractivity contribution in [2.75, 3.05) is 11.5 Å². The van der Waals surface area contributed by atoms with E-state index in [1.165, 1.54) is 18.2 Å². The summed E-state index contributed by atoms with van der Waals surface area (Å²) in [6, 6.07) is 4.06. The average molecular weight is 232 g/mol. The van der Waals surface area contributed by atoms with E-state index in [2.05, 4.69) is 0 Å². The Kier molecular flexibility index (Phi) is 3.34. The summed E-state index contributed by atoms with van der Waals surface area (Å²) < 4.78 is 26.7. The second-order valence-electron chi connectivity index (χ2n) is 3.06. The van der Waals surface area contributed by atoms with Crippen molar-refractivity contribution in [3.63, 3.8) is 0 Å². The first kappa shape index (κ1) is 10.3. The average Bonchev–Trinajstić information content (AvgIpc) is 2.19. The zero-order chi connectivity index (χ0) is 9.97. The van der Waals surface area contributed by atoms with Crippen molar-refractivity contribution >= 4 is 23.5 Å². The molecule has 4 heteroatoms. The predicted octanol–water partition coefficient (Wildman–Crippen LogP) is 3.83. The van der Waals surface area contributed by atoms with Crippen molar-refractivity contribution in [2.24, 2.45) is 0 Å². The van der Waals surface area contributed by atoms with E-state index in [1.54, 1.807) is 23.5 Å². The Labute approximate surface area is 90.5 Å². The van der Waals surface area contributed by atoms with Crippen LogP contribution in [0.2, 0.25) is 0 Å². The Hall–Kier alpha value is -0.220. The van der Waals surface area contributed by atoms with Gasteiger partial charge in [-0.05, 0) is 30.1 Å². The van der Waals surface area contributed by atoms with Crippen LogP contribution in [-0.2, 0) is 0 Å². The maximum Gasteiger partial charge on any atom is 0.131 e. The molecule has 1 aromatic carbocycles. The van der Waals surface area contributed by atoms with Gasteiger partial charge in [-0.3, -0.25) is 0 Å². The lowest BCUT2D eigenvalue weighted by molar-refractivity contribution is 0.565. The third-order valence-electron chi connectivity index (χ3n) is 2.06. The molecule has 1 aliphatic heterocycles. The first-order valence-corrected chi connectivity index (χ1v) is 6.56. The molecule has 76 valence electrons. The van der Waals surface area contributed by atoms with Gasteiger partial charge in [-0.2, -0.15) is 0 Å². The van der Waals surface area contributed by atoms with Gasteiger partial charge in [-0.25, -0.2) is 8.78 Å². The van der Waals surface area contributed by atoms with Gasteiger partial charge in [0.1, 0.15) is 11.6 Å². The molecule has 1 aliphatic rings. The summed E-state index contributed by atoms with van der Waals surface area (Å²) in [5.74, 6) is 1.14. The van der Waals surface area contributed by atoms with Crippen LogP contribution in [0.3, 0.4) is 0 Å². The SMILES string of the molecule is Fc1cccc(F)c1C1SCCCS1. The van der Waals surface area contributed by atoms with E-state index in [4.69, 9.17) is 0 Å². The second-order valence-corrected chi connectivity index (χ2v) is 5.79. The summed E-state index contributed by atoms with van der Waals surface area (Å²) in [7, 11) is 0. The van der Waals surface area contributed by atoms with Gasteiger partial charge < -0.3 is 0 Å². The van der Waals surface area contributed by atoms with Crippen molar-refractivity contribution in [1.82, 2.24) is 0 Å². The van der Waals surface area contributed by atoms with Crippen molar-refractivity contribution in [2.45, 2.75) is 11.0 Å². The van der Waals surface area contributed by atoms with E-state index in [1.807, 2.05) is 0 Å². The molecule has 0 N–H and O–H groups in total. The van der Waals surface area contributed by atoms with Gasteiger partial charge in [0.15, 0.2) is 0 Å². The highest BCUT2D eigenvalue weighted by atomic mass is 32.2. The molecule has 0 radical (unpaired) electrons. The fraction of sp³-hybridized carbons (Fsp3) is 0.400. The van der Waals surface area contributed by atoms with E-state index in [9.17, 15) is 8.78 Å². The van der Waals surface area contributed by atoms with Gasteiger partial charge in [-0.15, -0.1) is 23.5 Å². The van der Waals surface area contributed by atoms with Crippen LogP contribution in [0.1, 0.15) is 16.6 Å². The number of benzene rings is 1. The van der Waals surface area contributed by atoms with E-state index >= 15 is 0 Å². The van der Waals surface area contributed by atoms with Crippen LogP contribution in [0, 0.1) is 11.6 Å². The summed E-state index contributed by atoms with van der Waals surface area (Å²) in [6.07, 6.45) is 1.13. The molecular weight excluding hydrogens is 222 g/mol. The summed E-state index contributed by atoms with van der Waals surface area (Å²) in [4.78, 5) is 0. The predicted molar refractivity (Wildman–Crippen MR) is 58.6 cm³/mol. The third kappa shape index (κ3) is 2.06. The summed E-state index contributed by atoms with van der Waals surface area (Å²) in [5, 5.41) is 0. The molecule has 0 nitrogen and oxygen atoms in total. The summed E-state index contributed by atoms with van der Waals surface area (Å²) in [6.45, 7) is 0. The standard InChI is InChI=1S/C10H10F2S2/c11-7-3-1-4-8(12)9(7)10-13-5-2-6-14-10/h1,3-4,10H,2,5-6H2. The Morgan fingerprint density at radius 1 is 1.07 bits per heavy atom. The van der Waals surface area contributed by atoms with Crippen molar-refractivity contribution in [3.05, 3.63) is 35.4 Å². The van der Waals surface area contributed by atoms with Gasteiger partial charge in [0.2, 0.25) is 0 Å². The van der Waals surface area contributed by atoms with Crippen LogP contribution in [0.5, 0.6) is 0 Å². The smallest absolute Gasteiger partial charge is 0.131 e. The minimum Gasteiger partial charge on any atom is -0.207 e. The number of halogens is 2. The highest BCUT2D eigenvalue weighted by Gasteiger charge is 2.22. The van der Waals surface area contributed by atoms with Crippen molar-refractivity contribution in [1.29, 1.82) is 0 Å². The topological polar surface area (TPSA) is 0 Å². The lowest BCUT2D eigenvalue weighted by Gasteiger charge is -2.21. The van der Waals surface area contributed by atoms with E-state index in [0.29, 0.717) is 0 Å². The molecule has 1 aromatic rings. The van der Waals surface area contributed by atoms with Gasteiger partial charge in [0.25, 0.3) is 0 Å². The molecule has 0 aromatic heterocycles. The van der Waals surface area contributed by atoms with Crippen LogP contribution in [-0.4, -0.2) is 11.5 Å². The Bertz CT molecular complexity index is 302. The summed E-state index contributed by atoms with van der Waals surface area (Å²) in [5.41, 5.74) is 0.238. The zero-order valence-electron chi connectivity index (χ0n) is 7.50. The molecule has 1 fully saturated rings. The number of hydrogen-bond acceptors (Lipinski definition) is 2. The molecule has 14 heavy (non-hydrogen) atoms. The molecular formula is C10H10F2S2. The largest absolute Gasteiger partial charge is 0.207 e. The molecule has 0 bridgehead atoms.